The minimum absolute atomic E-state index is 0.0313. The van der Waals surface area contributed by atoms with Gasteiger partial charge in [0, 0.05) is 21.3 Å². The SMILES string of the molecule is C=CC(=O)SCC1=CSC(Cc2cccc(CC3SC=C(CSC(=O)C=C)S3)c2)S1. The van der Waals surface area contributed by atoms with E-state index in [0.717, 1.165) is 24.3 Å². The lowest BCUT2D eigenvalue weighted by Gasteiger charge is -2.13. The van der Waals surface area contributed by atoms with E-state index in [9.17, 15) is 9.59 Å². The number of rotatable bonds is 10. The van der Waals surface area contributed by atoms with Crippen LogP contribution in [0.5, 0.6) is 0 Å². The first-order valence-electron chi connectivity index (χ1n) is 9.24. The van der Waals surface area contributed by atoms with E-state index in [2.05, 4.69) is 48.2 Å². The minimum Gasteiger partial charge on any atom is -0.282 e. The third-order valence-corrected chi connectivity index (χ3v) is 11.6. The van der Waals surface area contributed by atoms with Gasteiger partial charge in [-0.2, -0.15) is 0 Å². The quantitative estimate of drug-likeness (QED) is 0.313. The van der Waals surface area contributed by atoms with Gasteiger partial charge in [0.1, 0.15) is 0 Å². The molecule has 0 radical (unpaired) electrons. The van der Waals surface area contributed by atoms with Crippen LogP contribution < -0.4 is 0 Å². The Bertz CT molecular complexity index is 809. The summed E-state index contributed by atoms with van der Waals surface area (Å²) in [6.45, 7) is 7.04. The molecule has 0 spiro atoms. The van der Waals surface area contributed by atoms with E-state index in [0.29, 0.717) is 9.16 Å². The Hall–Kier alpha value is -0.380. The smallest absolute Gasteiger partial charge is 0.211 e. The second kappa shape index (κ2) is 12.6. The summed E-state index contributed by atoms with van der Waals surface area (Å²) in [5, 5.41) is 4.44. The van der Waals surface area contributed by atoms with Crippen molar-refractivity contribution < 1.29 is 9.59 Å². The third-order valence-electron chi connectivity index (χ3n) is 4.11. The standard InChI is InChI=1S/C22H22O2S6/c1-3-19(23)25-11-17-13-27-21(29-17)9-15-6-5-7-16(8-15)10-22-28-14-18(30-22)12-26-20(24)4-2/h3-8,13-14,21-22H,1-2,9-12H2. The van der Waals surface area contributed by atoms with Crippen LogP contribution in [0.2, 0.25) is 0 Å². The van der Waals surface area contributed by atoms with Crippen LogP contribution in [0.4, 0.5) is 0 Å². The first-order chi connectivity index (χ1) is 14.6. The van der Waals surface area contributed by atoms with Gasteiger partial charge >= 0.3 is 0 Å². The van der Waals surface area contributed by atoms with Crippen molar-refractivity contribution >= 4 is 80.8 Å². The molecule has 0 saturated heterocycles. The molecule has 0 aliphatic carbocycles. The molecule has 0 bridgehead atoms. The van der Waals surface area contributed by atoms with Gasteiger partial charge in [-0.1, -0.05) is 60.9 Å². The van der Waals surface area contributed by atoms with Gasteiger partial charge in [-0.15, -0.1) is 47.0 Å². The van der Waals surface area contributed by atoms with Crippen LogP contribution >= 0.6 is 70.6 Å². The highest BCUT2D eigenvalue weighted by atomic mass is 32.2. The van der Waals surface area contributed by atoms with E-state index in [4.69, 9.17) is 0 Å². The maximum Gasteiger partial charge on any atom is 0.211 e. The van der Waals surface area contributed by atoms with E-state index in [1.807, 2.05) is 47.0 Å². The molecule has 0 N–H and O–H groups in total. The zero-order valence-corrected chi connectivity index (χ0v) is 21.2. The molecule has 0 fully saturated rings. The molecule has 2 atom stereocenters. The lowest BCUT2D eigenvalue weighted by Crippen LogP contribution is -2.02. The van der Waals surface area contributed by atoms with Gasteiger partial charge in [-0.3, -0.25) is 9.59 Å². The van der Waals surface area contributed by atoms with Crippen molar-refractivity contribution in [3.8, 4) is 0 Å². The molecule has 2 heterocycles. The second-order valence-electron chi connectivity index (χ2n) is 6.39. The van der Waals surface area contributed by atoms with Crippen molar-refractivity contribution in [3.05, 3.63) is 81.3 Å². The minimum atomic E-state index is 0.0313. The molecule has 30 heavy (non-hydrogen) atoms. The molecule has 158 valence electrons. The summed E-state index contributed by atoms with van der Waals surface area (Å²) in [6, 6.07) is 8.88. The molecule has 0 saturated carbocycles. The number of hydrogen-bond acceptors (Lipinski definition) is 8. The second-order valence-corrected chi connectivity index (χ2v) is 13.8. The average Bonchev–Trinajstić information content (AvgIpc) is 3.39. The van der Waals surface area contributed by atoms with Crippen LogP contribution in [0.3, 0.4) is 0 Å². The van der Waals surface area contributed by atoms with E-state index in [1.165, 1.54) is 56.6 Å². The molecule has 3 rings (SSSR count). The molecule has 1 aromatic carbocycles. The van der Waals surface area contributed by atoms with Crippen LogP contribution in [-0.2, 0) is 22.4 Å². The lowest BCUT2D eigenvalue weighted by molar-refractivity contribution is -0.107. The van der Waals surface area contributed by atoms with Gasteiger partial charge in [0.25, 0.3) is 0 Å². The largest absolute Gasteiger partial charge is 0.282 e. The molecule has 2 unspecified atom stereocenters. The Morgan fingerprint density at radius 1 is 0.867 bits per heavy atom. The summed E-state index contributed by atoms with van der Waals surface area (Å²) >= 11 is 10.1. The molecule has 1 aromatic rings. The van der Waals surface area contributed by atoms with Crippen molar-refractivity contribution in [2.45, 2.75) is 22.0 Å². The van der Waals surface area contributed by atoms with Gasteiger partial charge in [0.2, 0.25) is 10.2 Å². The Balaban J connectivity index is 1.44. The highest BCUT2D eigenvalue weighted by molar-refractivity contribution is 8.24. The van der Waals surface area contributed by atoms with E-state index in [1.54, 1.807) is 0 Å². The molecular weight excluding hydrogens is 489 g/mol. The first kappa shape index (κ1) is 24.3. The number of carbonyl (C=O) groups is 2. The number of hydrogen-bond donors (Lipinski definition) is 0. The summed E-state index contributed by atoms with van der Waals surface area (Å²) < 4.78 is 0.940. The average molecular weight is 511 g/mol. The molecule has 0 aromatic heterocycles. The summed E-state index contributed by atoms with van der Waals surface area (Å²) in [7, 11) is 0. The molecular formula is C22H22O2S6. The summed E-state index contributed by atoms with van der Waals surface area (Å²) in [5.41, 5.74) is 2.71. The van der Waals surface area contributed by atoms with Gasteiger partial charge in [0.05, 0.1) is 9.16 Å². The van der Waals surface area contributed by atoms with Gasteiger partial charge in [0.15, 0.2) is 0 Å². The molecule has 2 nitrogen and oxygen atoms in total. The van der Waals surface area contributed by atoms with Crippen molar-refractivity contribution in [1.29, 1.82) is 0 Å². The normalized spacial score (nSPS) is 20.5. The zero-order valence-electron chi connectivity index (χ0n) is 16.3. The predicted octanol–water partition coefficient (Wildman–Crippen LogP) is 6.96. The predicted molar refractivity (Wildman–Crippen MR) is 143 cm³/mol. The topological polar surface area (TPSA) is 34.1 Å². The van der Waals surface area contributed by atoms with Crippen molar-refractivity contribution in [2.75, 3.05) is 11.5 Å². The number of thioether (sulfide) groups is 6. The molecule has 8 heteroatoms. The van der Waals surface area contributed by atoms with Crippen LogP contribution in [0.15, 0.2) is 70.2 Å². The highest BCUT2D eigenvalue weighted by Gasteiger charge is 2.22. The van der Waals surface area contributed by atoms with Gasteiger partial charge in [-0.25, -0.2) is 0 Å². The van der Waals surface area contributed by atoms with Crippen molar-refractivity contribution in [2.24, 2.45) is 0 Å². The van der Waals surface area contributed by atoms with Gasteiger partial charge in [-0.05, 0) is 46.9 Å². The Labute approximate surface area is 204 Å². The fraction of sp³-hybridized carbons (Fsp3) is 0.273. The summed E-state index contributed by atoms with van der Waals surface area (Å²) in [5.74, 6) is 1.47. The molecule has 2 aliphatic heterocycles. The Morgan fingerprint density at radius 2 is 1.33 bits per heavy atom. The van der Waals surface area contributed by atoms with E-state index in [-0.39, 0.29) is 10.2 Å². The molecule has 2 aliphatic rings. The van der Waals surface area contributed by atoms with Crippen molar-refractivity contribution in [1.82, 2.24) is 0 Å². The first-order valence-corrected chi connectivity index (χ1v) is 14.9. The van der Waals surface area contributed by atoms with Crippen LogP contribution in [0.1, 0.15) is 11.1 Å². The zero-order chi connectivity index (χ0) is 21.3. The van der Waals surface area contributed by atoms with E-state index >= 15 is 0 Å². The molecule has 0 amide bonds. The van der Waals surface area contributed by atoms with Crippen LogP contribution in [0, 0.1) is 0 Å². The van der Waals surface area contributed by atoms with Crippen molar-refractivity contribution in [3.63, 3.8) is 0 Å². The lowest BCUT2D eigenvalue weighted by atomic mass is 10.1. The summed E-state index contributed by atoms with van der Waals surface area (Å²) in [6.07, 6.45) is 4.77. The Kier molecular flexibility index (Phi) is 10.2. The number of carbonyl (C=O) groups excluding carboxylic acids is 2. The van der Waals surface area contributed by atoms with Crippen LogP contribution in [-0.4, -0.2) is 30.9 Å². The van der Waals surface area contributed by atoms with E-state index < -0.39 is 0 Å². The number of benzene rings is 1. The fourth-order valence-corrected chi connectivity index (χ4v) is 9.69. The third kappa shape index (κ3) is 7.95. The Morgan fingerprint density at radius 3 is 1.77 bits per heavy atom. The fourth-order valence-electron chi connectivity index (χ4n) is 2.74. The summed E-state index contributed by atoms with van der Waals surface area (Å²) in [4.78, 5) is 25.3. The van der Waals surface area contributed by atoms with Gasteiger partial charge < -0.3 is 0 Å². The monoisotopic (exact) mass is 510 g/mol. The maximum atomic E-state index is 11.4. The van der Waals surface area contributed by atoms with Crippen LogP contribution in [0.25, 0.3) is 0 Å². The maximum absolute atomic E-state index is 11.4. The highest BCUT2D eigenvalue weighted by Crippen LogP contribution is 2.44.